The predicted molar refractivity (Wildman–Crippen MR) is 111 cm³/mol. The summed E-state index contributed by atoms with van der Waals surface area (Å²) >= 11 is 1.57. The molecule has 0 unspecified atom stereocenters. The number of nitrogens with one attached hydrogen (secondary N) is 2. The minimum atomic E-state index is -0.218. The van der Waals surface area contributed by atoms with Crippen molar-refractivity contribution in [3.8, 4) is 0 Å². The molecule has 142 valence electrons. The second kappa shape index (κ2) is 8.95. The minimum absolute atomic E-state index is 0.0469. The molecule has 0 bridgehead atoms. The van der Waals surface area contributed by atoms with Gasteiger partial charge in [-0.2, -0.15) is 0 Å². The van der Waals surface area contributed by atoms with E-state index in [-0.39, 0.29) is 11.9 Å². The highest BCUT2D eigenvalue weighted by Gasteiger charge is 2.24. The van der Waals surface area contributed by atoms with E-state index in [4.69, 9.17) is 0 Å². The van der Waals surface area contributed by atoms with Gasteiger partial charge in [-0.3, -0.25) is 4.79 Å². The average Bonchev–Trinajstić information content (AvgIpc) is 2.77. The highest BCUT2D eigenvalue weighted by Crippen LogP contribution is 2.41. The van der Waals surface area contributed by atoms with Gasteiger partial charge in [0.05, 0.1) is 11.3 Å². The van der Waals surface area contributed by atoms with E-state index >= 15 is 0 Å². The molecule has 6 heteroatoms. The summed E-state index contributed by atoms with van der Waals surface area (Å²) < 4.78 is 0. The van der Waals surface area contributed by atoms with Crippen LogP contribution in [-0.2, 0) is 0 Å². The third-order valence-corrected chi connectivity index (χ3v) is 5.68. The van der Waals surface area contributed by atoms with Gasteiger partial charge in [0.25, 0.3) is 5.91 Å². The van der Waals surface area contributed by atoms with Crippen molar-refractivity contribution in [2.45, 2.75) is 42.4 Å². The lowest BCUT2D eigenvalue weighted by molar-refractivity contribution is 0.0990. The van der Waals surface area contributed by atoms with Crippen LogP contribution in [0.1, 0.15) is 43.0 Å². The first-order valence-corrected chi connectivity index (χ1v) is 10.2. The van der Waals surface area contributed by atoms with Gasteiger partial charge in [-0.25, -0.2) is 4.79 Å². The highest BCUT2D eigenvalue weighted by molar-refractivity contribution is 7.99. The molecule has 2 aromatic carbocycles. The Kier molecular flexibility index (Phi) is 6.40. The van der Waals surface area contributed by atoms with Crippen LogP contribution in [0.2, 0.25) is 0 Å². The first kappa shape index (κ1) is 19.3. The number of fused-ring (bicyclic) bond motifs is 2. The normalized spacial score (nSPS) is 12.8. The summed E-state index contributed by atoms with van der Waals surface area (Å²) in [7, 11) is 1.77. The molecule has 0 aliphatic carbocycles. The van der Waals surface area contributed by atoms with Gasteiger partial charge in [0.2, 0.25) is 0 Å². The zero-order valence-corrected chi connectivity index (χ0v) is 16.6. The molecule has 1 aliphatic rings. The van der Waals surface area contributed by atoms with Crippen molar-refractivity contribution in [1.29, 1.82) is 0 Å². The Hall–Kier alpha value is -2.47. The van der Waals surface area contributed by atoms with Gasteiger partial charge >= 0.3 is 6.03 Å². The van der Waals surface area contributed by atoms with E-state index < -0.39 is 0 Å². The average molecular weight is 384 g/mol. The van der Waals surface area contributed by atoms with E-state index in [0.29, 0.717) is 17.8 Å². The summed E-state index contributed by atoms with van der Waals surface area (Å²) in [6.07, 6.45) is 4.47. The summed E-state index contributed by atoms with van der Waals surface area (Å²) in [6.45, 7) is 2.83. The molecule has 0 saturated heterocycles. The maximum absolute atomic E-state index is 12.8. The van der Waals surface area contributed by atoms with Crippen molar-refractivity contribution in [3.05, 3.63) is 48.0 Å². The van der Waals surface area contributed by atoms with E-state index in [1.165, 1.54) is 12.8 Å². The van der Waals surface area contributed by atoms with Crippen LogP contribution in [0.25, 0.3) is 0 Å². The SMILES string of the molecule is CCCCCCNC(=O)Nc1ccc2c(c1)N(C)C(=O)c1ccccc1S2. The van der Waals surface area contributed by atoms with E-state index in [1.807, 2.05) is 42.5 Å². The van der Waals surface area contributed by atoms with Crippen molar-refractivity contribution in [3.63, 3.8) is 0 Å². The third-order valence-electron chi connectivity index (χ3n) is 4.54. The van der Waals surface area contributed by atoms with Crippen molar-refractivity contribution in [2.75, 3.05) is 23.8 Å². The van der Waals surface area contributed by atoms with E-state index in [1.54, 1.807) is 23.7 Å². The van der Waals surface area contributed by atoms with Crippen LogP contribution in [0.4, 0.5) is 16.2 Å². The number of carbonyl (C=O) groups excluding carboxylic acids is 2. The molecule has 1 aliphatic heterocycles. The van der Waals surface area contributed by atoms with Crippen molar-refractivity contribution < 1.29 is 9.59 Å². The summed E-state index contributed by atoms with van der Waals surface area (Å²) in [5, 5.41) is 5.74. The summed E-state index contributed by atoms with van der Waals surface area (Å²) in [6, 6.07) is 13.1. The van der Waals surface area contributed by atoms with E-state index in [9.17, 15) is 9.59 Å². The number of carbonyl (C=O) groups is 2. The summed E-state index contributed by atoms with van der Waals surface area (Å²) in [5.74, 6) is -0.0469. The number of hydrogen-bond acceptors (Lipinski definition) is 3. The van der Waals surface area contributed by atoms with Gasteiger partial charge in [0.15, 0.2) is 0 Å². The molecule has 0 radical (unpaired) electrons. The zero-order chi connectivity index (χ0) is 19.2. The van der Waals surface area contributed by atoms with Crippen LogP contribution in [0.15, 0.2) is 52.3 Å². The highest BCUT2D eigenvalue weighted by atomic mass is 32.2. The van der Waals surface area contributed by atoms with Gasteiger partial charge < -0.3 is 15.5 Å². The molecule has 2 aromatic rings. The third kappa shape index (κ3) is 4.63. The van der Waals surface area contributed by atoms with E-state index in [2.05, 4.69) is 17.6 Å². The number of rotatable bonds is 6. The fourth-order valence-electron chi connectivity index (χ4n) is 3.01. The standard InChI is InChI=1S/C21H25N3O2S/c1-3-4-5-8-13-22-21(26)23-15-11-12-19-17(14-15)24(2)20(25)16-9-6-7-10-18(16)27-19/h6-7,9-12,14H,3-5,8,13H2,1-2H3,(H2,22,23,26). The number of hydrogen-bond donors (Lipinski definition) is 2. The Balaban J connectivity index is 1.70. The van der Waals surface area contributed by atoms with Crippen molar-refractivity contribution in [2.24, 2.45) is 0 Å². The molecule has 3 amide bonds. The number of anilines is 2. The van der Waals surface area contributed by atoms with Crippen molar-refractivity contribution >= 4 is 35.1 Å². The monoisotopic (exact) mass is 383 g/mol. The van der Waals surface area contributed by atoms with Gasteiger partial charge in [-0.15, -0.1) is 0 Å². The zero-order valence-electron chi connectivity index (χ0n) is 15.7. The van der Waals surface area contributed by atoms with Gasteiger partial charge in [0.1, 0.15) is 0 Å². The number of unbranched alkanes of at least 4 members (excludes halogenated alkanes) is 3. The lowest BCUT2D eigenvalue weighted by atomic mass is 10.2. The topological polar surface area (TPSA) is 61.4 Å². The Bertz CT molecular complexity index is 838. The second-order valence-corrected chi connectivity index (χ2v) is 7.67. The Morgan fingerprint density at radius 3 is 2.70 bits per heavy atom. The molecule has 27 heavy (non-hydrogen) atoms. The first-order chi connectivity index (χ1) is 13.1. The van der Waals surface area contributed by atoms with Gasteiger partial charge in [-0.1, -0.05) is 50.1 Å². The lowest BCUT2D eigenvalue weighted by Crippen LogP contribution is -2.30. The van der Waals surface area contributed by atoms with Crippen LogP contribution >= 0.6 is 11.8 Å². The number of urea groups is 1. The van der Waals surface area contributed by atoms with Crippen LogP contribution in [0.5, 0.6) is 0 Å². The smallest absolute Gasteiger partial charge is 0.319 e. The van der Waals surface area contributed by atoms with Crippen LogP contribution < -0.4 is 15.5 Å². The largest absolute Gasteiger partial charge is 0.338 e. The van der Waals surface area contributed by atoms with Crippen LogP contribution in [0, 0.1) is 0 Å². The molecule has 5 nitrogen and oxygen atoms in total. The number of nitrogens with zero attached hydrogens (tertiary/aromatic N) is 1. The molecule has 1 heterocycles. The molecule has 0 aromatic heterocycles. The summed E-state index contributed by atoms with van der Waals surface area (Å²) in [5.41, 5.74) is 2.16. The second-order valence-electron chi connectivity index (χ2n) is 6.59. The molecular weight excluding hydrogens is 358 g/mol. The molecule has 0 saturated carbocycles. The molecule has 0 atom stereocenters. The fraction of sp³-hybridized carbons (Fsp3) is 0.333. The van der Waals surface area contributed by atoms with Crippen LogP contribution in [0.3, 0.4) is 0 Å². The van der Waals surface area contributed by atoms with Gasteiger partial charge in [0, 0.05) is 29.1 Å². The Labute approximate surface area is 164 Å². The molecule has 3 rings (SSSR count). The fourth-order valence-corrected chi connectivity index (χ4v) is 4.10. The minimum Gasteiger partial charge on any atom is -0.338 e. The molecule has 0 fully saturated rings. The van der Waals surface area contributed by atoms with Crippen LogP contribution in [-0.4, -0.2) is 25.5 Å². The predicted octanol–water partition coefficient (Wildman–Crippen LogP) is 5.13. The Morgan fingerprint density at radius 2 is 1.89 bits per heavy atom. The van der Waals surface area contributed by atoms with Crippen molar-refractivity contribution in [1.82, 2.24) is 5.32 Å². The van der Waals surface area contributed by atoms with Gasteiger partial charge in [-0.05, 0) is 36.8 Å². The Morgan fingerprint density at radius 1 is 1.07 bits per heavy atom. The molecular formula is C21H25N3O2S. The maximum atomic E-state index is 12.8. The maximum Gasteiger partial charge on any atom is 0.319 e. The number of benzene rings is 2. The molecule has 0 spiro atoms. The first-order valence-electron chi connectivity index (χ1n) is 9.34. The molecule has 2 N–H and O–H groups in total. The van der Waals surface area contributed by atoms with E-state index in [0.717, 1.165) is 28.3 Å². The summed E-state index contributed by atoms with van der Waals surface area (Å²) in [4.78, 5) is 28.4. The number of amides is 3. The lowest BCUT2D eigenvalue weighted by Gasteiger charge is -2.18. The quantitative estimate of drug-likeness (QED) is 0.680.